The van der Waals surface area contributed by atoms with Crippen LogP contribution in [0.1, 0.15) is 18.2 Å². The molecule has 3 rings (SSSR count). The first-order chi connectivity index (χ1) is 9.46. The molecule has 9 heteroatoms. The molecule has 0 aliphatic carbocycles. The smallest absolute Gasteiger partial charge is 0.167 e. The number of aliphatic hydroxyl groups excluding tert-OH is 2. The van der Waals surface area contributed by atoms with Gasteiger partial charge in [0.25, 0.3) is 0 Å². The van der Waals surface area contributed by atoms with Gasteiger partial charge in [-0.05, 0) is 28.7 Å². The third-order valence-corrected chi connectivity index (χ3v) is 4.33. The van der Waals surface area contributed by atoms with E-state index < -0.39 is 24.5 Å². The molecular weight excluding hydrogens is 377 g/mol. The van der Waals surface area contributed by atoms with Gasteiger partial charge in [0.1, 0.15) is 24.1 Å². The first kappa shape index (κ1) is 13.9. The minimum atomic E-state index is -1.45. The average molecular weight is 391 g/mol. The van der Waals surface area contributed by atoms with Crippen molar-refractivity contribution in [1.29, 1.82) is 0 Å². The molecule has 1 fully saturated rings. The maximum Gasteiger partial charge on any atom is 0.167 e. The highest BCUT2D eigenvalue weighted by atomic mass is 127. The lowest BCUT2D eigenvalue weighted by molar-refractivity contribution is -0.109. The summed E-state index contributed by atoms with van der Waals surface area (Å²) >= 11 is 2.13. The first-order valence-electron chi connectivity index (χ1n) is 5.99. The topological polar surface area (TPSA) is 132 Å². The largest absolute Gasteiger partial charge is 0.392 e. The van der Waals surface area contributed by atoms with Gasteiger partial charge in [0.15, 0.2) is 11.5 Å². The summed E-state index contributed by atoms with van der Waals surface area (Å²) < 4.78 is 8.12. The fourth-order valence-corrected chi connectivity index (χ4v) is 3.22. The van der Waals surface area contributed by atoms with Gasteiger partial charge >= 0.3 is 0 Å². The Bertz CT molecular complexity index is 663. The monoisotopic (exact) mass is 391 g/mol. The van der Waals surface area contributed by atoms with Crippen molar-refractivity contribution in [1.82, 2.24) is 14.6 Å². The van der Waals surface area contributed by atoms with Crippen molar-refractivity contribution in [3.05, 3.63) is 21.7 Å². The highest BCUT2D eigenvalue weighted by Gasteiger charge is 2.46. The van der Waals surface area contributed by atoms with E-state index in [0.717, 1.165) is 9.26 Å². The number of nitrogens with zero attached hydrogens (tertiary/aromatic N) is 3. The number of aromatic nitrogens is 3. The van der Waals surface area contributed by atoms with Gasteiger partial charge in [0, 0.05) is 9.99 Å². The lowest BCUT2D eigenvalue weighted by Crippen LogP contribution is -2.51. The summed E-state index contributed by atoms with van der Waals surface area (Å²) in [5.41, 5.74) is 11.6. The van der Waals surface area contributed by atoms with Crippen LogP contribution in [0, 0.1) is 3.57 Å². The van der Waals surface area contributed by atoms with E-state index in [1.807, 2.05) is 6.07 Å². The number of ether oxygens (including phenoxy) is 1. The molecule has 0 amide bonds. The van der Waals surface area contributed by atoms with Crippen LogP contribution in [0.2, 0.25) is 0 Å². The van der Waals surface area contributed by atoms with Gasteiger partial charge in [-0.1, -0.05) is 0 Å². The molecule has 2 aromatic rings. The van der Waals surface area contributed by atoms with Gasteiger partial charge < -0.3 is 20.7 Å². The molecule has 1 saturated heterocycles. The Labute approximate surface area is 127 Å². The molecule has 3 atom stereocenters. The second-order valence-electron chi connectivity index (χ2n) is 4.79. The fourth-order valence-electron chi connectivity index (χ4n) is 2.39. The Balaban J connectivity index is 2.07. The molecule has 0 spiro atoms. The number of aliphatic hydroxyl groups is 2. The molecule has 0 bridgehead atoms. The summed E-state index contributed by atoms with van der Waals surface area (Å²) in [5, 5.41) is 23.4. The third-order valence-electron chi connectivity index (χ3n) is 3.50. The van der Waals surface area contributed by atoms with Crippen LogP contribution < -0.4 is 11.5 Å². The number of nitrogens with two attached hydrogens (primary N) is 2. The molecule has 3 heterocycles. The van der Waals surface area contributed by atoms with E-state index in [2.05, 4.69) is 32.7 Å². The minimum absolute atomic E-state index is 0.281. The number of fused-ring (bicyclic) bond motifs is 1. The van der Waals surface area contributed by atoms with Crippen molar-refractivity contribution in [2.75, 3.05) is 12.3 Å². The van der Waals surface area contributed by atoms with Gasteiger partial charge in [-0.2, -0.15) is 5.10 Å². The summed E-state index contributed by atoms with van der Waals surface area (Å²) in [6.45, 7) is -0.456. The van der Waals surface area contributed by atoms with Crippen molar-refractivity contribution in [3.8, 4) is 0 Å². The van der Waals surface area contributed by atoms with Gasteiger partial charge in [0.2, 0.25) is 0 Å². The SMILES string of the molecule is Nc1ncnn2c([C@H]3C[C@H](O)[C@@](N)(CO)O3)cc(I)c12. The normalized spacial score (nSPS) is 30.2. The highest BCUT2D eigenvalue weighted by Crippen LogP contribution is 2.38. The van der Waals surface area contributed by atoms with Crippen LogP contribution in [0.4, 0.5) is 5.82 Å². The van der Waals surface area contributed by atoms with E-state index in [1.165, 1.54) is 6.33 Å². The van der Waals surface area contributed by atoms with E-state index in [-0.39, 0.29) is 6.42 Å². The van der Waals surface area contributed by atoms with Crippen LogP contribution in [0.3, 0.4) is 0 Å². The number of rotatable bonds is 2. The lowest BCUT2D eigenvalue weighted by Gasteiger charge is -2.24. The van der Waals surface area contributed by atoms with Crippen molar-refractivity contribution < 1.29 is 14.9 Å². The predicted octanol–water partition coefficient (Wildman–Crippen LogP) is -0.614. The lowest BCUT2D eigenvalue weighted by atomic mass is 10.1. The fraction of sp³-hybridized carbons (Fsp3) is 0.455. The van der Waals surface area contributed by atoms with Gasteiger partial charge in [-0.3, -0.25) is 5.73 Å². The zero-order valence-electron chi connectivity index (χ0n) is 10.4. The van der Waals surface area contributed by atoms with Crippen LogP contribution in [-0.4, -0.2) is 43.2 Å². The maximum absolute atomic E-state index is 9.93. The molecule has 2 aromatic heterocycles. The summed E-state index contributed by atoms with van der Waals surface area (Å²) in [6, 6.07) is 1.86. The Kier molecular flexibility index (Phi) is 3.33. The Morgan fingerprint density at radius 3 is 3.00 bits per heavy atom. The number of anilines is 1. The molecule has 6 N–H and O–H groups in total. The molecular formula is C11H14IN5O3. The summed E-state index contributed by atoms with van der Waals surface area (Å²) in [7, 11) is 0. The van der Waals surface area contributed by atoms with E-state index in [1.54, 1.807) is 4.52 Å². The Morgan fingerprint density at radius 2 is 2.35 bits per heavy atom. The number of hydrogen-bond acceptors (Lipinski definition) is 7. The average Bonchev–Trinajstić information content (AvgIpc) is 2.90. The summed E-state index contributed by atoms with van der Waals surface area (Å²) in [4.78, 5) is 3.95. The van der Waals surface area contributed by atoms with Gasteiger partial charge in [0.05, 0.1) is 12.3 Å². The van der Waals surface area contributed by atoms with E-state index in [0.29, 0.717) is 11.3 Å². The Hall–Kier alpha value is -1.01. The molecule has 1 aliphatic rings. The Morgan fingerprint density at radius 1 is 1.60 bits per heavy atom. The standard InChI is InChI=1S/C11H14IN5O3/c12-5-1-6(17-9(5)10(13)15-4-16-17)7-2-8(19)11(14,3-18)20-7/h1,4,7-8,18-19H,2-3,14H2,(H2,13,15,16)/t7-,8+,11-/m1/s1. The molecule has 0 unspecified atom stereocenters. The predicted molar refractivity (Wildman–Crippen MR) is 78.6 cm³/mol. The molecule has 1 aliphatic heterocycles. The molecule has 108 valence electrons. The maximum atomic E-state index is 9.93. The molecule has 0 aromatic carbocycles. The van der Waals surface area contributed by atoms with Gasteiger partial charge in [-0.25, -0.2) is 9.50 Å². The summed E-state index contributed by atoms with van der Waals surface area (Å²) in [6.07, 6.45) is 0.227. The highest BCUT2D eigenvalue weighted by molar-refractivity contribution is 14.1. The van der Waals surface area contributed by atoms with Crippen LogP contribution in [-0.2, 0) is 4.74 Å². The second-order valence-corrected chi connectivity index (χ2v) is 5.96. The van der Waals surface area contributed by atoms with Crippen LogP contribution in [0.15, 0.2) is 12.4 Å². The zero-order chi connectivity index (χ0) is 14.5. The van der Waals surface area contributed by atoms with Crippen molar-refractivity contribution in [3.63, 3.8) is 0 Å². The zero-order valence-corrected chi connectivity index (χ0v) is 12.6. The van der Waals surface area contributed by atoms with Crippen molar-refractivity contribution in [2.24, 2.45) is 5.73 Å². The van der Waals surface area contributed by atoms with E-state index in [4.69, 9.17) is 16.2 Å². The van der Waals surface area contributed by atoms with Crippen LogP contribution in [0.25, 0.3) is 5.52 Å². The molecule has 20 heavy (non-hydrogen) atoms. The van der Waals surface area contributed by atoms with E-state index in [9.17, 15) is 10.2 Å². The molecule has 0 saturated carbocycles. The molecule has 0 radical (unpaired) electrons. The van der Waals surface area contributed by atoms with Crippen molar-refractivity contribution in [2.45, 2.75) is 24.4 Å². The van der Waals surface area contributed by atoms with Crippen LogP contribution >= 0.6 is 22.6 Å². The summed E-state index contributed by atoms with van der Waals surface area (Å²) in [5.74, 6) is 0.371. The van der Waals surface area contributed by atoms with E-state index >= 15 is 0 Å². The number of halogens is 1. The van der Waals surface area contributed by atoms with Gasteiger partial charge in [-0.15, -0.1) is 0 Å². The molecule has 8 nitrogen and oxygen atoms in total. The van der Waals surface area contributed by atoms with Crippen LogP contribution in [0.5, 0.6) is 0 Å². The quantitative estimate of drug-likeness (QED) is 0.502. The number of hydrogen-bond donors (Lipinski definition) is 4. The second kappa shape index (κ2) is 4.77. The third kappa shape index (κ3) is 1.97. The first-order valence-corrected chi connectivity index (χ1v) is 7.07. The minimum Gasteiger partial charge on any atom is -0.392 e. The number of nitrogen functional groups attached to an aromatic ring is 1. The van der Waals surface area contributed by atoms with Crippen molar-refractivity contribution >= 4 is 33.9 Å².